The third kappa shape index (κ3) is 5.83. The van der Waals surface area contributed by atoms with Crippen molar-refractivity contribution in [3.8, 4) is 0 Å². The number of hydrogen-bond donors (Lipinski definition) is 2. The molecule has 3 rings (SSSR count). The highest BCUT2D eigenvalue weighted by molar-refractivity contribution is 5.99. The van der Waals surface area contributed by atoms with Gasteiger partial charge >= 0.3 is 0 Å². The smallest absolute Gasteiger partial charge is 0.257 e. The number of hydrogen-bond acceptors (Lipinski definition) is 4. The summed E-state index contributed by atoms with van der Waals surface area (Å²) in [6, 6.07) is 0.0882. The first-order valence-corrected chi connectivity index (χ1v) is 11.1. The van der Waals surface area contributed by atoms with Crippen LogP contribution in [0.5, 0.6) is 0 Å². The van der Waals surface area contributed by atoms with E-state index < -0.39 is 17.2 Å². The molecular weight excluding hydrogens is 394 g/mol. The fourth-order valence-electron chi connectivity index (χ4n) is 4.08. The molecule has 2 amide bonds. The third-order valence-corrected chi connectivity index (χ3v) is 5.64. The zero-order chi connectivity index (χ0) is 22.5. The van der Waals surface area contributed by atoms with Gasteiger partial charge in [-0.05, 0) is 25.7 Å². The van der Waals surface area contributed by atoms with Crippen molar-refractivity contribution in [2.45, 2.75) is 72.0 Å². The Hall–Kier alpha value is -2.90. The molecule has 0 saturated heterocycles. The first-order chi connectivity index (χ1) is 14.7. The highest BCUT2D eigenvalue weighted by Gasteiger charge is 2.22. The van der Waals surface area contributed by atoms with Gasteiger partial charge in [-0.25, -0.2) is 0 Å². The van der Waals surface area contributed by atoms with Gasteiger partial charge in [0.1, 0.15) is 11.1 Å². The monoisotopic (exact) mass is 427 g/mol. The fourth-order valence-corrected chi connectivity index (χ4v) is 4.08. The quantitative estimate of drug-likeness (QED) is 0.709. The summed E-state index contributed by atoms with van der Waals surface area (Å²) in [5, 5.41) is 10.1. The van der Waals surface area contributed by atoms with E-state index in [-0.39, 0.29) is 23.7 Å². The van der Waals surface area contributed by atoms with Gasteiger partial charge in [0.25, 0.3) is 11.8 Å². The van der Waals surface area contributed by atoms with E-state index in [1.165, 1.54) is 6.42 Å². The molecule has 0 spiro atoms. The molecule has 0 radical (unpaired) electrons. The van der Waals surface area contributed by atoms with Crippen molar-refractivity contribution in [2.24, 2.45) is 13.0 Å². The number of nitrogens with zero attached hydrogens (tertiary/aromatic N) is 3. The van der Waals surface area contributed by atoms with Crippen LogP contribution in [0.1, 0.15) is 77.9 Å². The summed E-state index contributed by atoms with van der Waals surface area (Å²) in [5.41, 5.74) is 1.17. The molecule has 8 heteroatoms. The van der Waals surface area contributed by atoms with Crippen molar-refractivity contribution < 1.29 is 9.59 Å². The molecule has 0 bridgehead atoms. The number of nitrogens with one attached hydrogen (secondary N) is 2. The van der Waals surface area contributed by atoms with Crippen molar-refractivity contribution in [3.05, 3.63) is 51.2 Å². The lowest BCUT2D eigenvalue weighted by molar-refractivity contribution is 0.0925. The topological polar surface area (TPSA) is 98.0 Å². The minimum absolute atomic E-state index is 0.0153. The van der Waals surface area contributed by atoms with Gasteiger partial charge in [-0.2, -0.15) is 5.10 Å². The normalized spacial score (nSPS) is 14.6. The first kappa shape index (κ1) is 22.8. The van der Waals surface area contributed by atoms with Crippen LogP contribution in [0, 0.1) is 12.8 Å². The third-order valence-electron chi connectivity index (χ3n) is 5.64. The van der Waals surface area contributed by atoms with Gasteiger partial charge in [-0.3, -0.25) is 19.1 Å². The number of aryl methyl sites for hydroxylation is 2. The van der Waals surface area contributed by atoms with Gasteiger partial charge in [-0.1, -0.05) is 33.1 Å². The highest BCUT2D eigenvalue weighted by Crippen LogP contribution is 2.17. The maximum absolute atomic E-state index is 13.1. The Bertz CT molecular complexity index is 999. The summed E-state index contributed by atoms with van der Waals surface area (Å²) < 4.78 is 3.45. The van der Waals surface area contributed by atoms with Crippen LogP contribution in [0.4, 0.5) is 0 Å². The van der Waals surface area contributed by atoms with E-state index in [0.717, 1.165) is 36.9 Å². The number of amides is 2. The standard InChI is InChI=1S/C23H33N5O3/c1-15(2)11-28-13-19(22(30)24-10-17-12-27(4)26-16(17)3)21(29)20(14-28)23(31)25-18-8-6-5-7-9-18/h12-15,18H,5-11H2,1-4H3,(H,24,30)(H,25,31). The van der Waals surface area contributed by atoms with Gasteiger partial charge in [-0.15, -0.1) is 0 Å². The fraction of sp³-hybridized carbons (Fsp3) is 0.565. The summed E-state index contributed by atoms with van der Waals surface area (Å²) in [6.07, 6.45) is 10.2. The molecule has 31 heavy (non-hydrogen) atoms. The molecule has 2 aromatic rings. The minimum Gasteiger partial charge on any atom is -0.352 e. The molecule has 1 fully saturated rings. The van der Waals surface area contributed by atoms with Crippen molar-refractivity contribution in [3.63, 3.8) is 0 Å². The molecule has 168 valence electrons. The van der Waals surface area contributed by atoms with E-state index in [9.17, 15) is 14.4 Å². The number of aromatic nitrogens is 3. The second-order valence-corrected chi connectivity index (χ2v) is 8.91. The number of rotatable bonds is 7. The van der Waals surface area contributed by atoms with Gasteiger partial charge in [0.2, 0.25) is 5.43 Å². The molecule has 0 unspecified atom stereocenters. The molecule has 0 aliphatic heterocycles. The van der Waals surface area contributed by atoms with Crippen LogP contribution in [0.15, 0.2) is 23.4 Å². The zero-order valence-corrected chi connectivity index (χ0v) is 18.9. The van der Waals surface area contributed by atoms with Crippen LogP contribution in [0.3, 0.4) is 0 Å². The molecule has 1 aliphatic carbocycles. The predicted octanol–water partition coefficient (Wildman–Crippen LogP) is 2.54. The van der Waals surface area contributed by atoms with E-state index in [0.29, 0.717) is 12.5 Å². The second kappa shape index (κ2) is 9.94. The van der Waals surface area contributed by atoms with Crippen LogP contribution < -0.4 is 16.1 Å². The summed E-state index contributed by atoms with van der Waals surface area (Å²) >= 11 is 0. The molecule has 1 aliphatic rings. The first-order valence-electron chi connectivity index (χ1n) is 11.1. The molecule has 2 N–H and O–H groups in total. The number of carbonyl (C=O) groups is 2. The summed E-state index contributed by atoms with van der Waals surface area (Å²) in [5.74, 6) is -0.587. The Morgan fingerprint density at radius 1 is 1.10 bits per heavy atom. The molecule has 1 saturated carbocycles. The largest absolute Gasteiger partial charge is 0.352 e. The highest BCUT2D eigenvalue weighted by atomic mass is 16.2. The van der Waals surface area contributed by atoms with Gasteiger partial charge in [0.05, 0.1) is 5.69 Å². The van der Waals surface area contributed by atoms with E-state index >= 15 is 0 Å². The van der Waals surface area contributed by atoms with Crippen LogP contribution in [-0.2, 0) is 20.1 Å². The molecule has 0 atom stereocenters. The predicted molar refractivity (Wildman–Crippen MR) is 119 cm³/mol. The Labute approximate surface area is 183 Å². The lowest BCUT2D eigenvalue weighted by atomic mass is 9.95. The van der Waals surface area contributed by atoms with Gasteiger partial charge in [0, 0.05) is 50.3 Å². The van der Waals surface area contributed by atoms with Crippen molar-refractivity contribution >= 4 is 11.8 Å². The van der Waals surface area contributed by atoms with Gasteiger partial charge < -0.3 is 15.2 Å². The average Bonchev–Trinajstić information content (AvgIpc) is 3.04. The lowest BCUT2D eigenvalue weighted by Gasteiger charge is -2.23. The summed E-state index contributed by atoms with van der Waals surface area (Å²) in [7, 11) is 1.82. The summed E-state index contributed by atoms with van der Waals surface area (Å²) in [6.45, 7) is 6.83. The van der Waals surface area contributed by atoms with Crippen LogP contribution in [0.2, 0.25) is 0 Å². The SMILES string of the molecule is Cc1nn(C)cc1CNC(=O)c1cn(CC(C)C)cc(C(=O)NC2CCCCC2)c1=O. The van der Waals surface area contributed by atoms with Crippen LogP contribution in [0.25, 0.3) is 0 Å². The number of carbonyl (C=O) groups excluding carboxylic acids is 2. The second-order valence-electron chi connectivity index (χ2n) is 8.91. The van der Waals surface area contributed by atoms with Crippen molar-refractivity contribution in [1.29, 1.82) is 0 Å². The Morgan fingerprint density at radius 3 is 2.32 bits per heavy atom. The molecule has 2 heterocycles. The van der Waals surface area contributed by atoms with Crippen molar-refractivity contribution in [2.75, 3.05) is 0 Å². The van der Waals surface area contributed by atoms with Crippen LogP contribution in [-0.4, -0.2) is 32.2 Å². The Morgan fingerprint density at radius 2 is 1.74 bits per heavy atom. The van der Waals surface area contributed by atoms with E-state index in [1.807, 2.05) is 34.0 Å². The van der Waals surface area contributed by atoms with E-state index in [1.54, 1.807) is 21.6 Å². The van der Waals surface area contributed by atoms with E-state index in [4.69, 9.17) is 0 Å². The molecule has 0 aromatic carbocycles. The lowest BCUT2D eigenvalue weighted by Crippen LogP contribution is -2.40. The average molecular weight is 428 g/mol. The zero-order valence-electron chi connectivity index (χ0n) is 18.9. The Kier molecular flexibility index (Phi) is 7.30. The van der Waals surface area contributed by atoms with Crippen LogP contribution >= 0.6 is 0 Å². The van der Waals surface area contributed by atoms with E-state index in [2.05, 4.69) is 15.7 Å². The molecule has 8 nitrogen and oxygen atoms in total. The maximum Gasteiger partial charge on any atom is 0.257 e. The minimum atomic E-state index is -0.534. The molecule has 2 aromatic heterocycles. The Balaban J connectivity index is 1.84. The van der Waals surface area contributed by atoms with Gasteiger partial charge in [0.15, 0.2) is 0 Å². The number of pyridine rings is 1. The molecular formula is C23H33N5O3. The van der Waals surface area contributed by atoms with Crippen molar-refractivity contribution in [1.82, 2.24) is 25.0 Å². The maximum atomic E-state index is 13.1. The summed E-state index contributed by atoms with van der Waals surface area (Å²) in [4.78, 5) is 38.8.